The van der Waals surface area contributed by atoms with Crippen LogP contribution >= 0.6 is 0 Å². The van der Waals surface area contributed by atoms with Gasteiger partial charge in [-0.15, -0.1) is 0 Å². The Kier molecular flexibility index (Phi) is 3.54. The molecule has 6 heteroatoms. The Morgan fingerprint density at radius 3 is 2.53 bits per heavy atom. The number of hydrogen-bond donors (Lipinski definition) is 0. The number of hydrogen-bond acceptors (Lipinski definition) is 4. The van der Waals surface area contributed by atoms with E-state index in [1.807, 2.05) is 0 Å². The van der Waals surface area contributed by atoms with Gasteiger partial charge in [-0.05, 0) is 12.1 Å². The monoisotopic (exact) mass is 228 g/mol. The molecule has 1 rings (SSSR count). The van der Waals surface area contributed by atoms with Gasteiger partial charge >= 0.3 is 0 Å². The highest BCUT2D eigenvalue weighted by molar-refractivity contribution is 7.89. The number of rotatable bonds is 4. The number of aromatic nitrogens is 1. The minimum atomic E-state index is -3.50. The third-order valence-electron chi connectivity index (χ3n) is 1.82. The van der Waals surface area contributed by atoms with E-state index in [4.69, 9.17) is 0 Å². The van der Waals surface area contributed by atoms with Crippen molar-refractivity contribution in [1.29, 1.82) is 0 Å². The van der Waals surface area contributed by atoms with Gasteiger partial charge in [0.05, 0.1) is 0 Å². The molecule has 1 aromatic heterocycles. The first-order valence-corrected chi connectivity index (χ1v) is 5.89. The van der Waals surface area contributed by atoms with Gasteiger partial charge in [-0.3, -0.25) is 9.78 Å². The molecule has 0 N–H and O–H groups in total. The van der Waals surface area contributed by atoms with Crippen LogP contribution in [0.15, 0.2) is 24.4 Å². The molecule has 0 unspecified atom stereocenters. The van der Waals surface area contributed by atoms with E-state index in [1.54, 1.807) is 12.1 Å². The van der Waals surface area contributed by atoms with E-state index < -0.39 is 21.6 Å². The number of nitrogens with zero attached hydrogens (tertiary/aromatic N) is 2. The topological polar surface area (TPSA) is 67.3 Å². The number of pyridine rings is 1. The van der Waals surface area contributed by atoms with Crippen molar-refractivity contribution in [3.05, 3.63) is 30.1 Å². The van der Waals surface area contributed by atoms with Crippen LogP contribution in [0.1, 0.15) is 10.5 Å². The van der Waals surface area contributed by atoms with E-state index in [1.165, 1.54) is 26.4 Å². The predicted octanol–water partition coefficient (Wildman–Crippen LogP) is 0.156. The van der Waals surface area contributed by atoms with Crippen LogP contribution in [-0.2, 0) is 10.0 Å². The van der Waals surface area contributed by atoms with Gasteiger partial charge < -0.3 is 0 Å². The molecule has 0 aliphatic heterocycles. The number of carbonyl (C=O) groups excluding carboxylic acids is 1. The van der Waals surface area contributed by atoms with Crippen LogP contribution in [0, 0.1) is 0 Å². The minimum absolute atomic E-state index is 0.169. The van der Waals surface area contributed by atoms with E-state index in [2.05, 4.69) is 4.98 Å². The molecule has 0 atom stereocenters. The van der Waals surface area contributed by atoms with Crippen LogP contribution in [-0.4, -0.2) is 43.3 Å². The lowest BCUT2D eigenvalue weighted by Gasteiger charge is -2.09. The zero-order chi connectivity index (χ0) is 11.5. The zero-order valence-electron chi connectivity index (χ0n) is 8.54. The summed E-state index contributed by atoms with van der Waals surface area (Å²) in [6.45, 7) is 0. The number of ketones is 1. The number of carbonyl (C=O) groups is 1. The molecule has 0 radical (unpaired) electrons. The van der Waals surface area contributed by atoms with Gasteiger partial charge in [-0.1, -0.05) is 6.07 Å². The average Bonchev–Trinajstić information content (AvgIpc) is 2.18. The smallest absolute Gasteiger partial charge is 0.221 e. The SMILES string of the molecule is CN(C)S(=O)(=O)CC(=O)c1ccccn1. The lowest BCUT2D eigenvalue weighted by molar-refractivity contribution is 0.101. The Bertz CT molecular complexity index is 440. The maximum Gasteiger partial charge on any atom is 0.221 e. The van der Waals surface area contributed by atoms with Crippen LogP contribution in [0.3, 0.4) is 0 Å². The first-order chi connectivity index (χ1) is 6.93. The largest absolute Gasteiger partial charge is 0.291 e. The quantitative estimate of drug-likeness (QED) is 0.688. The molecule has 0 saturated heterocycles. The van der Waals surface area contributed by atoms with Crippen molar-refractivity contribution in [2.24, 2.45) is 0 Å². The predicted molar refractivity (Wildman–Crippen MR) is 56.0 cm³/mol. The second-order valence-corrected chi connectivity index (χ2v) is 5.36. The summed E-state index contributed by atoms with van der Waals surface area (Å²) in [5, 5.41) is 0. The van der Waals surface area contributed by atoms with E-state index in [-0.39, 0.29) is 5.69 Å². The summed E-state index contributed by atoms with van der Waals surface area (Å²) in [7, 11) is -0.722. The van der Waals surface area contributed by atoms with Gasteiger partial charge in [0, 0.05) is 20.3 Å². The molecule has 5 nitrogen and oxygen atoms in total. The van der Waals surface area contributed by atoms with Crippen LogP contribution in [0.4, 0.5) is 0 Å². The van der Waals surface area contributed by atoms with Crippen molar-refractivity contribution in [3.63, 3.8) is 0 Å². The van der Waals surface area contributed by atoms with Crippen LogP contribution in [0.5, 0.6) is 0 Å². The van der Waals surface area contributed by atoms with Crippen LogP contribution in [0.25, 0.3) is 0 Å². The van der Waals surface area contributed by atoms with Crippen molar-refractivity contribution >= 4 is 15.8 Å². The third kappa shape index (κ3) is 3.10. The molecule has 0 saturated carbocycles. The molecule has 15 heavy (non-hydrogen) atoms. The molecule has 1 aromatic rings. The molecule has 0 bridgehead atoms. The highest BCUT2D eigenvalue weighted by Crippen LogP contribution is 2.01. The van der Waals surface area contributed by atoms with Gasteiger partial charge in [0.2, 0.25) is 10.0 Å². The highest BCUT2D eigenvalue weighted by Gasteiger charge is 2.20. The standard InChI is InChI=1S/C9H12N2O3S/c1-11(2)15(13,14)7-9(12)8-5-3-4-6-10-8/h3-6H,7H2,1-2H3. The lowest BCUT2D eigenvalue weighted by atomic mass is 10.3. The molecular formula is C9H12N2O3S. The van der Waals surface area contributed by atoms with Crippen molar-refractivity contribution in [1.82, 2.24) is 9.29 Å². The minimum Gasteiger partial charge on any atom is -0.291 e. The van der Waals surface area contributed by atoms with E-state index in [9.17, 15) is 13.2 Å². The summed E-state index contributed by atoms with van der Waals surface area (Å²) in [6.07, 6.45) is 1.45. The fourth-order valence-corrected chi connectivity index (χ4v) is 1.63. The van der Waals surface area contributed by atoms with E-state index in [0.29, 0.717) is 0 Å². The summed E-state index contributed by atoms with van der Waals surface area (Å²) in [5.41, 5.74) is 0.169. The Morgan fingerprint density at radius 2 is 2.07 bits per heavy atom. The Labute approximate surface area is 88.8 Å². The normalized spacial score (nSPS) is 11.7. The third-order valence-corrected chi connectivity index (χ3v) is 3.56. The van der Waals surface area contributed by atoms with Gasteiger partial charge in [-0.2, -0.15) is 0 Å². The Balaban J connectivity index is 2.82. The zero-order valence-corrected chi connectivity index (χ0v) is 9.36. The molecular weight excluding hydrogens is 216 g/mol. The molecule has 0 aliphatic rings. The number of sulfonamides is 1. The maximum absolute atomic E-state index is 11.5. The van der Waals surface area contributed by atoms with E-state index >= 15 is 0 Å². The second-order valence-electron chi connectivity index (χ2n) is 3.18. The first kappa shape index (κ1) is 11.8. The molecule has 0 aliphatic carbocycles. The summed E-state index contributed by atoms with van der Waals surface area (Å²) < 4.78 is 23.8. The van der Waals surface area contributed by atoms with Gasteiger partial charge in [0.15, 0.2) is 5.78 Å². The lowest BCUT2D eigenvalue weighted by Crippen LogP contribution is -2.29. The molecule has 0 fully saturated rings. The summed E-state index contributed by atoms with van der Waals surface area (Å²) >= 11 is 0. The molecule has 82 valence electrons. The second kappa shape index (κ2) is 4.50. The van der Waals surface area contributed by atoms with Crippen molar-refractivity contribution in [2.45, 2.75) is 0 Å². The average molecular weight is 228 g/mol. The van der Waals surface area contributed by atoms with Gasteiger partial charge in [-0.25, -0.2) is 12.7 Å². The van der Waals surface area contributed by atoms with Gasteiger partial charge in [0.25, 0.3) is 0 Å². The summed E-state index contributed by atoms with van der Waals surface area (Å²) in [4.78, 5) is 15.3. The first-order valence-electron chi connectivity index (χ1n) is 4.28. The van der Waals surface area contributed by atoms with Crippen molar-refractivity contribution < 1.29 is 13.2 Å². The van der Waals surface area contributed by atoms with Gasteiger partial charge in [0.1, 0.15) is 11.4 Å². The van der Waals surface area contributed by atoms with E-state index in [0.717, 1.165) is 4.31 Å². The maximum atomic E-state index is 11.5. The van der Waals surface area contributed by atoms with Crippen molar-refractivity contribution in [2.75, 3.05) is 19.8 Å². The van der Waals surface area contributed by atoms with Crippen molar-refractivity contribution in [3.8, 4) is 0 Å². The summed E-state index contributed by atoms with van der Waals surface area (Å²) in [6, 6.07) is 4.80. The molecule has 0 amide bonds. The highest BCUT2D eigenvalue weighted by atomic mass is 32.2. The molecule has 1 heterocycles. The fourth-order valence-electron chi connectivity index (χ4n) is 0.896. The summed E-state index contributed by atoms with van der Waals surface area (Å²) in [5.74, 6) is -1.04. The Morgan fingerprint density at radius 1 is 1.40 bits per heavy atom. The molecule has 0 aromatic carbocycles. The van der Waals surface area contributed by atoms with Crippen LogP contribution < -0.4 is 0 Å². The van der Waals surface area contributed by atoms with Crippen LogP contribution in [0.2, 0.25) is 0 Å². The number of Topliss-reactive ketones (excluding diaryl/α,β-unsaturated/α-hetero) is 1. The fraction of sp³-hybridized carbons (Fsp3) is 0.333. The molecule has 0 spiro atoms. The Hall–Kier alpha value is -1.27.